The zero-order valence-corrected chi connectivity index (χ0v) is 17.7. The lowest BCUT2D eigenvalue weighted by molar-refractivity contribution is -0.0616. The van der Waals surface area contributed by atoms with Gasteiger partial charge in [-0.2, -0.15) is 0 Å². The highest BCUT2D eigenvalue weighted by molar-refractivity contribution is 6.99. The lowest BCUT2D eigenvalue weighted by Crippen LogP contribution is -2.66. The molecule has 0 spiro atoms. The van der Waals surface area contributed by atoms with Crippen molar-refractivity contribution in [2.45, 2.75) is 57.3 Å². The molecule has 0 aliphatic carbocycles. The molecule has 1 N–H and O–H groups in total. The van der Waals surface area contributed by atoms with Gasteiger partial charge in [0.2, 0.25) is 0 Å². The molecule has 0 amide bonds. The minimum absolute atomic E-state index is 0.000672. The summed E-state index contributed by atoms with van der Waals surface area (Å²) in [7, 11) is -2.45. The molecule has 0 saturated carbocycles. The molecule has 3 rings (SSSR count). The molecule has 3 nitrogen and oxygen atoms in total. The van der Waals surface area contributed by atoms with E-state index in [0.717, 1.165) is 19.3 Å². The number of ether oxygens (including phenoxy) is 1. The molecular formula is C23H32O3Si. The third-order valence-electron chi connectivity index (χ3n) is 5.52. The van der Waals surface area contributed by atoms with Crippen LogP contribution >= 0.6 is 0 Å². The van der Waals surface area contributed by atoms with E-state index < -0.39 is 8.32 Å². The summed E-state index contributed by atoms with van der Waals surface area (Å²) in [6.07, 6.45) is 2.48. The van der Waals surface area contributed by atoms with Crippen molar-refractivity contribution in [3.63, 3.8) is 0 Å². The van der Waals surface area contributed by atoms with Crippen LogP contribution < -0.4 is 10.4 Å². The topological polar surface area (TPSA) is 38.7 Å². The molecule has 0 aromatic heterocycles. The van der Waals surface area contributed by atoms with Crippen LogP contribution in [0.5, 0.6) is 0 Å². The Labute approximate surface area is 164 Å². The quantitative estimate of drug-likeness (QED) is 0.775. The molecule has 27 heavy (non-hydrogen) atoms. The van der Waals surface area contributed by atoms with Gasteiger partial charge in [-0.1, -0.05) is 81.4 Å². The number of rotatable bonds is 6. The minimum atomic E-state index is -2.45. The van der Waals surface area contributed by atoms with Gasteiger partial charge in [-0.15, -0.1) is 0 Å². The van der Waals surface area contributed by atoms with Crippen molar-refractivity contribution < 1.29 is 14.3 Å². The summed E-state index contributed by atoms with van der Waals surface area (Å²) >= 11 is 0. The van der Waals surface area contributed by atoms with Crippen LogP contribution in [0.4, 0.5) is 0 Å². The van der Waals surface area contributed by atoms with Crippen molar-refractivity contribution in [1.82, 2.24) is 0 Å². The van der Waals surface area contributed by atoms with E-state index in [1.54, 1.807) is 0 Å². The van der Waals surface area contributed by atoms with E-state index in [4.69, 9.17) is 9.16 Å². The molecule has 1 aliphatic rings. The number of hydrogen-bond acceptors (Lipinski definition) is 3. The molecule has 0 radical (unpaired) electrons. The number of aliphatic hydroxyl groups is 1. The molecule has 1 aliphatic heterocycles. The maximum atomic E-state index is 9.64. The highest BCUT2D eigenvalue weighted by Crippen LogP contribution is 2.37. The number of benzene rings is 2. The summed E-state index contributed by atoms with van der Waals surface area (Å²) in [5.74, 6) is 0. The Balaban J connectivity index is 1.87. The van der Waals surface area contributed by atoms with E-state index in [0.29, 0.717) is 13.2 Å². The van der Waals surface area contributed by atoms with Crippen LogP contribution in [0, 0.1) is 0 Å². The van der Waals surface area contributed by atoms with Gasteiger partial charge >= 0.3 is 0 Å². The van der Waals surface area contributed by atoms with E-state index >= 15 is 0 Å². The van der Waals surface area contributed by atoms with Crippen LogP contribution in [0.3, 0.4) is 0 Å². The smallest absolute Gasteiger partial charge is 0.261 e. The molecule has 2 unspecified atom stereocenters. The van der Waals surface area contributed by atoms with E-state index in [1.165, 1.54) is 10.4 Å². The van der Waals surface area contributed by atoms with Crippen molar-refractivity contribution >= 4 is 18.7 Å². The first-order chi connectivity index (χ1) is 12.9. The highest BCUT2D eigenvalue weighted by Gasteiger charge is 2.50. The second kappa shape index (κ2) is 8.70. The lowest BCUT2D eigenvalue weighted by atomic mass is 10.1. The van der Waals surface area contributed by atoms with Crippen molar-refractivity contribution in [3.05, 3.63) is 60.7 Å². The van der Waals surface area contributed by atoms with Crippen molar-refractivity contribution in [2.75, 3.05) is 13.2 Å². The van der Waals surface area contributed by atoms with Crippen LogP contribution in [-0.2, 0) is 9.16 Å². The molecule has 0 bridgehead atoms. The van der Waals surface area contributed by atoms with E-state index in [-0.39, 0.29) is 17.2 Å². The average Bonchev–Trinajstić information content (AvgIpc) is 2.67. The first kappa shape index (κ1) is 20.3. The molecule has 1 fully saturated rings. The Bertz CT molecular complexity index is 649. The summed E-state index contributed by atoms with van der Waals surface area (Å²) < 4.78 is 12.7. The zero-order chi connectivity index (χ0) is 19.3. The van der Waals surface area contributed by atoms with Crippen LogP contribution in [-0.4, -0.2) is 38.8 Å². The van der Waals surface area contributed by atoms with Crippen molar-refractivity contribution in [1.29, 1.82) is 0 Å². The van der Waals surface area contributed by atoms with E-state index in [9.17, 15) is 5.11 Å². The fourth-order valence-corrected chi connectivity index (χ4v) is 8.70. The van der Waals surface area contributed by atoms with Crippen molar-refractivity contribution in [2.24, 2.45) is 0 Å². The predicted octanol–water partition coefficient (Wildman–Crippen LogP) is 3.49. The predicted molar refractivity (Wildman–Crippen MR) is 113 cm³/mol. The summed E-state index contributed by atoms with van der Waals surface area (Å²) in [6, 6.07) is 21.5. The standard InChI is InChI=1S/C23H32O3Si/c1-23(2,3)27(21-10-6-4-7-11-21,22-12-8-5-9-13-22)26-17-16-20-15-14-19(24)18-25-20/h4-13,19-20,24H,14-18H2,1-3H3. The largest absolute Gasteiger partial charge is 0.407 e. The summed E-state index contributed by atoms with van der Waals surface area (Å²) in [5.41, 5.74) is 0. The molecule has 2 aromatic rings. The molecule has 2 aromatic carbocycles. The van der Waals surface area contributed by atoms with Gasteiger partial charge in [0.25, 0.3) is 8.32 Å². The molecular weight excluding hydrogens is 352 g/mol. The van der Waals surface area contributed by atoms with Crippen LogP contribution in [0.2, 0.25) is 5.04 Å². The first-order valence-corrected chi connectivity index (χ1v) is 11.9. The SMILES string of the molecule is CC(C)(C)[Si](OCCC1CCC(O)CO1)(c1ccccc1)c1ccccc1. The second-order valence-corrected chi connectivity index (χ2v) is 12.8. The molecule has 1 heterocycles. The van der Waals surface area contributed by atoms with Gasteiger partial charge < -0.3 is 14.3 Å². The molecule has 146 valence electrons. The first-order valence-electron chi connectivity index (χ1n) is 9.98. The molecule has 4 heteroatoms. The second-order valence-electron chi connectivity index (χ2n) is 8.49. The van der Waals surface area contributed by atoms with Gasteiger partial charge in [0.1, 0.15) is 0 Å². The maximum absolute atomic E-state index is 9.64. The van der Waals surface area contributed by atoms with Gasteiger partial charge in [-0.05, 0) is 34.7 Å². The highest BCUT2D eigenvalue weighted by atomic mass is 28.4. The van der Waals surface area contributed by atoms with Gasteiger partial charge in [0, 0.05) is 6.61 Å². The monoisotopic (exact) mass is 384 g/mol. The minimum Gasteiger partial charge on any atom is -0.407 e. The summed E-state index contributed by atoms with van der Waals surface area (Å²) in [4.78, 5) is 0. The van der Waals surface area contributed by atoms with E-state index in [2.05, 4.69) is 81.4 Å². The lowest BCUT2D eigenvalue weighted by Gasteiger charge is -2.43. The summed E-state index contributed by atoms with van der Waals surface area (Å²) in [6.45, 7) is 8.02. The molecule has 1 saturated heterocycles. The zero-order valence-electron chi connectivity index (χ0n) is 16.7. The van der Waals surface area contributed by atoms with Crippen LogP contribution in [0.1, 0.15) is 40.0 Å². The fraction of sp³-hybridized carbons (Fsp3) is 0.478. The van der Waals surface area contributed by atoms with E-state index in [1.807, 2.05) is 0 Å². The van der Waals surface area contributed by atoms with Crippen molar-refractivity contribution in [3.8, 4) is 0 Å². The van der Waals surface area contributed by atoms with Crippen LogP contribution in [0.15, 0.2) is 60.7 Å². The Kier molecular flexibility index (Phi) is 6.53. The van der Waals surface area contributed by atoms with Gasteiger partial charge in [0.15, 0.2) is 0 Å². The average molecular weight is 385 g/mol. The third kappa shape index (κ3) is 4.52. The normalized spacial score (nSPS) is 21.2. The Hall–Kier alpha value is -1.46. The van der Waals surface area contributed by atoms with Gasteiger partial charge in [0.05, 0.1) is 18.8 Å². The molecule has 2 atom stereocenters. The van der Waals surface area contributed by atoms with Gasteiger partial charge in [-0.3, -0.25) is 0 Å². The Morgan fingerprint density at radius 3 is 1.96 bits per heavy atom. The Morgan fingerprint density at radius 1 is 0.963 bits per heavy atom. The number of hydrogen-bond donors (Lipinski definition) is 1. The fourth-order valence-electron chi connectivity index (χ4n) is 4.12. The van der Waals surface area contributed by atoms with Gasteiger partial charge in [-0.25, -0.2) is 0 Å². The maximum Gasteiger partial charge on any atom is 0.261 e. The Morgan fingerprint density at radius 2 is 1.52 bits per heavy atom. The number of aliphatic hydroxyl groups excluding tert-OH is 1. The third-order valence-corrected chi connectivity index (χ3v) is 10.6. The van der Waals surface area contributed by atoms with Crippen LogP contribution in [0.25, 0.3) is 0 Å². The summed E-state index contributed by atoms with van der Waals surface area (Å²) in [5, 5.41) is 12.3.